The number of nitrogens with zero attached hydrogens (tertiary/aromatic N) is 2. The number of allylic oxidation sites excluding steroid dienone is 4. The average Bonchev–Trinajstić information content (AvgIpc) is 4.28. The lowest BCUT2D eigenvalue weighted by atomic mass is 9.27. The summed E-state index contributed by atoms with van der Waals surface area (Å²) in [4.78, 5) is 37.9. The number of carbonyl (C=O) groups excluding carboxylic acids is 2. The molecule has 4 spiro atoms. The van der Waals surface area contributed by atoms with Gasteiger partial charge in [0.15, 0.2) is 11.4 Å². The number of ether oxygens (including phenoxy) is 2. The van der Waals surface area contributed by atoms with Gasteiger partial charge in [0.05, 0.1) is 11.0 Å². The molecule has 3 saturated heterocycles. The molecule has 1 aromatic carbocycles. The second-order valence-electron chi connectivity index (χ2n) is 27.9. The summed E-state index contributed by atoms with van der Waals surface area (Å²) in [6, 6.07) is 7.23. The molecule has 9 aliphatic carbocycles. The van der Waals surface area contributed by atoms with E-state index in [1.54, 1.807) is 16.8 Å². The Kier molecular flexibility index (Phi) is 10.0. The number of rotatable bonds is 6. The lowest BCUT2D eigenvalue weighted by molar-refractivity contribution is -0.282. The van der Waals surface area contributed by atoms with Gasteiger partial charge in [0.2, 0.25) is 0 Å². The minimum atomic E-state index is -1.13. The van der Waals surface area contributed by atoms with Crippen LogP contribution < -0.4 is 5.73 Å². The molecule has 3 N–H and O–H groups in total. The second-order valence-corrected chi connectivity index (χ2v) is 27.9. The normalized spacial score (nSPS) is 46.7. The van der Waals surface area contributed by atoms with Gasteiger partial charge in [-0.25, -0.2) is 4.79 Å². The van der Waals surface area contributed by atoms with Crippen molar-refractivity contribution >= 4 is 11.9 Å². The van der Waals surface area contributed by atoms with E-state index in [1.165, 1.54) is 141 Å². The zero-order valence-corrected chi connectivity index (χ0v) is 43.4. The number of hydrogen-bond acceptors (Lipinski definition) is 8. The Morgan fingerprint density at radius 2 is 1.60 bits per heavy atom. The Hall–Kier alpha value is -3.36. The summed E-state index contributed by atoms with van der Waals surface area (Å²) >= 11 is 0. The van der Waals surface area contributed by atoms with Gasteiger partial charge in [-0.1, -0.05) is 99.3 Å². The molecule has 72 heavy (non-hydrogen) atoms. The fourth-order valence-electron chi connectivity index (χ4n) is 23.0. The molecule has 8 fully saturated rings. The van der Waals surface area contributed by atoms with E-state index in [2.05, 4.69) is 40.2 Å². The monoisotopic (exact) mass is 974 g/mol. The Morgan fingerprint density at radius 1 is 0.764 bits per heavy atom. The lowest BCUT2D eigenvalue weighted by Gasteiger charge is -2.73. The first-order valence-electron chi connectivity index (χ1n) is 30.6. The molecule has 8 nitrogen and oxygen atoms in total. The molecule has 18 aliphatic rings. The number of nitrogens with two attached hydrogens (primary N) is 1. The third kappa shape index (κ3) is 5.69. The molecule has 9 heterocycles. The number of fused-ring (bicyclic) bond motifs is 3. The fraction of sp³-hybridized carbons (Fsp3) is 0.750. The number of aliphatic hydroxyl groups is 1. The van der Waals surface area contributed by atoms with Gasteiger partial charge in [-0.3, -0.25) is 9.69 Å². The van der Waals surface area contributed by atoms with Crippen molar-refractivity contribution in [3.8, 4) is 0 Å². The topological polar surface area (TPSA) is 105 Å². The molecule has 5 saturated carbocycles. The highest BCUT2D eigenvalue weighted by molar-refractivity contribution is 6.00. The van der Waals surface area contributed by atoms with Crippen molar-refractivity contribution in [3.63, 3.8) is 0 Å². The SMILES string of the molecule is NCCCc1cccc2c1C(=O)O[C@@]21[C@H]2C[C@H](C3CCCC3)/C=C\[C@H]3C[C@@H]4[C@@H]5C6=C3[C@@]23C(=O)O/C(=C(/O)C[C@H]([C@H]2CCC7(CCCC7)C2)N2C[C@H]7C[C@@H](C2)[C@H]2CCC(=C5N2C7)C[C@H]4C2CCCCC2)[C@]31CC6. The molecule has 15 atom stereocenters. The molecular weight excluding hydrogens is 891 g/mol. The lowest BCUT2D eigenvalue weighted by Crippen LogP contribution is -2.78. The van der Waals surface area contributed by atoms with Crippen LogP contribution in [-0.4, -0.2) is 65.1 Å². The molecule has 0 aromatic heterocycles. The first-order chi connectivity index (χ1) is 35.3. The third-order valence-electron chi connectivity index (χ3n) is 25.3. The number of piperidine rings is 2. The third-order valence-corrected chi connectivity index (χ3v) is 25.3. The molecule has 19 rings (SSSR count). The van der Waals surface area contributed by atoms with Crippen LogP contribution in [0.4, 0.5) is 0 Å². The number of aliphatic hydroxyl groups excluding tert-OH is 1. The van der Waals surface area contributed by atoms with Crippen molar-refractivity contribution in [2.24, 2.45) is 87.1 Å². The quantitative estimate of drug-likeness (QED) is 0.215. The number of carbonyl (C=O) groups is 2. The summed E-state index contributed by atoms with van der Waals surface area (Å²) in [6.45, 7) is 3.92. The van der Waals surface area contributed by atoms with Crippen molar-refractivity contribution in [1.29, 1.82) is 0 Å². The maximum absolute atomic E-state index is 16.6. The Labute approximate surface area is 429 Å². The van der Waals surface area contributed by atoms with Crippen LogP contribution in [0.1, 0.15) is 188 Å². The van der Waals surface area contributed by atoms with E-state index in [9.17, 15) is 5.11 Å². The molecule has 12 bridgehead atoms. The second kappa shape index (κ2) is 16.1. The molecule has 1 aromatic rings. The zero-order chi connectivity index (χ0) is 47.9. The van der Waals surface area contributed by atoms with Gasteiger partial charge in [0, 0.05) is 61.2 Å². The van der Waals surface area contributed by atoms with Crippen LogP contribution in [0.25, 0.3) is 0 Å². The van der Waals surface area contributed by atoms with Crippen LogP contribution in [0, 0.1) is 81.3 Å². The van der Waals surface area contributed by atoms with E-state index in [0.717, 1.165) is 55.8 Å². The predicted molar refractivity (Wildman–Crippen MR) is 277 cm³/mol. The van der Waals surface area contributed by atoms with Crippen molar-refractivity contribution in [2.75, 3.05) is 26.2 Å². The molecule has 0 radical (unpaired) electrons. The van der Waals surface area contributed by atoms with Gasteiger partial charge in [0.1, 0.15) is 11.2 Å². The van der Waals surface area contributed by atoms with Crippen molar-refractivity contribution in [3.05, 3.63) is 81.0 Å². The first kappa shape index (κ1) is 44.9. The van der Waals surface area contributed by atoms with Gasteiger partial charge in [-0.15, -0.1) is 0 Å². The van der Waals surface area contributed by atoms with E-state index in [0.29, 0.717) is 95.8 Å². The highest BCUT2D eigenvalue weighted by Gasteiger charge is 2.94. The van der Waals surface area contributed by atoms with Crippen LogP contribution in [-0.2, 0) is 26.3 Å². The summed E-state index contributed by atoms with van der Waals surface area (Å²) in [5, 5.41) is 13.7. The molecule has 0 amide bonds. The number of aryl methyl sites for hydroxylation is 1. The Balaban J connectivity index is 0.966. The van der Waals surface area contributed by atoms with Gasteiger partial charge in [-0.2, -0.15) is 0 Å². The molecule has 9 aliphatic heterocycles. The highest BCUT2D eigenvalue weighted by atomic mass is 16.6. The molecular formula is C64H83N3O5. The van der Waals surface area contributed by atoms with Crippen LogP contribution >= 0.6 is 0 Å². The van der Waals surface area contributed by atoms with E-state index < -0.39 is 16.4 Å². The zero-order valence-electron chi connectivity index (χ0n) is 43.4. The van der Waals surface area contributed by atoms with Crippen LogP contribution in [0.15, 0.2) is 64.3 Å². The van der Waals surface area contributed by atoms with Crippen molar-refractivity contribution in [1.82, 2.24) is 9.80 Å². The minimum absolute atomic E-state index is 0.122. The smallest absolute Gasteiger partial charge is 0.339 e. The Morgan fingerprint density at radius 3 is 2.44 bits per heavy atom. The highest BCUT2D eigenvalue weighted by Crippen LogP contribution is 2.88. The van der Waals surface area contributed by atoms with Crippen molar-refractivity contribution in [2.45, 2.75) is 191 Å². The molecule has 384 valence electrons. The molecule has 1 unspecified atom stereocenters. The van der Waals surface area contributed by atoms with E-state index in [4.69, 9.17) is 15.2 Å². The number of esters is 2. The van der Waals surface area contributed by atoms with Crippen molar-refractivity contribution < 1.29 is 24.2 Å². The average molecular weight is 974 g/mol. The minimum Gasteiger partial charge on any atom is -0.509 e. The van der Waals surface area contributed by atoms with Crippen LogP contribution in [0.5, 0.6) is 0 Å². The van der Waals surface area contributed by atoms with Gasteiger partial charge in [-0.05, 0) is 186 Å². The van der Waals surface area contributed by atoms with E-state index >= 15 is 9.59 Å². The van der Waals surface area contributed by atoms with E-state index in [1.807, 2.05) is 0 Å². The van der Waals surface area contributed by atoms with Gasteiger partial charge < -0.3 is 25.2 Å². The molecule has 8 heteroatoms. The largest absolute Gasteiger partial charge is 0.509 e. The summed E-state index contributed by atoms with van der Waals surface area (Å²) < 4.78 is 14.7. The number of hydrogen-bond donors (Lipinski definition) is 2. The summed E-state index contributed by atoms with van der Waals surface area (Å²) in [6.07, 6.45) is 36.9. The van der Waals surface area contributed by atoms with Gasteiger partial charge >= 0.3 is 11.9 Å². The maximum atomic E-state index is 16.6. The number of benzene rings is 1. The first-order valence-corrected chi connectivity index (χ1v) is 30.6. The van der Waals surface area contributed by atoms with Crippen LogP contribution in [0.3, 0.4) is 0 Å². The standard InChI is InChI=1S/C64H83N3O5/c65-27-9-15-40-14-8-16-49-54(40)59(69)72-64(49)53-31-41(38-10-4-5-11-38)17-18-42-29-48-47(39-12-2-1-3-13-39)30-43-19-20-50-45-28-37-34-66(36-45)51(44-21-25-61(33-44)23-6-7-24-61)32-52(68)58-62(64)26-22-46(55(48)57(43)67(50)35-37)56(42)63(53,62)60(70)71-58/h8,14,16-18,37-39,41-42,44-45,47-48,50-51,53,55,68H,1-7,9-13,15,19-36,65H2/b18-17-,58-52+/t37-,41-,42+,44+,45+,47+,48+,50-,51-,53+,55+,62-,63-,64-/m1/s1. The van der Waals surface area contributed by atoms with Crippen LogP contribution in [0.2, 0.25) is 0 Å². The van der Waals surface area contributed by atoms with E-state index in [-0.39, 0.29) is 35.7 Å². The predicted octanol–water partition coefficient (Wildman–Crippen LogP) is 12.4. The summed E-state index contributed by atoms with van der Waals surface area (Å²) in [5.41, 5.74) is 12.6. The Bertz CT molecular complexity index is 2610. The fourth-order valence-corrected chi connectivity index (χ4v) is 23.0. The summed E-state index contributed by atoms with van der Waals surface area (Å²) in [5.74, 6) is 5.15. The summed E-state index contributed by atoms with van der Waals surface area (Å²) in [7, 11) is 0. The van der Waals surface area contributed by atoms with Gasteiger partial charge in [0.25, 0.3) is 0 Å². The maximum Gasteiger partial charge on any atom is 0.339 e.